The first-order valence-electron chi connectivity index (χ1n) is 13.9. The molecule has 0 saturated carbocycles. The molecular formula is C30H41N5O2. The van der Waals surface area contributed by atoms with Crippen LogP contribution >= 0.6 is 0 Å². The van der Waals surface area contributed by atoms with Crippen LogP contribution in [-0.2, 0) is 0 Å². The van der Waals surface area contributed by atoms with E-state index in [1.165, 1.54) is 45.3 Å². The first-order valence-corrected chi connectivity index (χ1v) is 13.9. The van der Waals surface area contributed by atoms with E-state index in [9.17, 15) is 4.79 Å². The van der Waals surface area contributed by atoms with Crippen molar-refractivity contribution in [3.8, 4) is 17.0 Å². The number of piperidine rings is 1. The summed E-state index contributed by atoms with van der Waals surface area (Å²) in [5.41, 5.74) is 4.36. The Bertz CT molecular complexity index is 1160. The molecule has 37 heavy (non-hydrogen) atoms. The molecule has 3 heterocycles. The van der Waals surface area contributed by atoms with Gasteiger partial charge in [-0.15, -0.1) is 0 Å². The van der Waals surface area contributed by atoms with Gasteiger partial charge in [-0.2, -0.15) is 0 Å². The largest absolute Gasteiger partial charge is 0.414 e. The number of hydrogen-bond acceptors (Lipinski definition) is 5. The van der Waals surface area contributed by atoms with Crippen LogP contribution in [0, 0.1) is 0 Å². The van der Waals surface area contributed by atoms with Crippen molar-refractivity contribution in [1.29, 1.82) is 0 Å². The smallest absolute Gasteiger partial charge is 0.393 e. The van der Waals surface area contributed by atoms with Crippen LogP contribution in [-0.4, -0.2) is 80.3 Å². The summed E-state index contributed by atoms with van der Waals surface area (Å²) < 4.78 is 5.68. The molecule has 0 radical (unpaired) electrons. The van der Waals surface area contributed by atoms with Crippen LogP contribution < -0.4 is 15.0 Å². The Kier molecular flexibility index (Phi) is 8.31. The van der Waals surface area contributed by atoms with E-state index in [2.05, 4.69) is 55.3 Å². The minimum atomic E-state index is -0.383. The lowest BCUT2D eigenvalue weighted by atomic mass is 10.0. The van der Waals surface area contributed by atoms with Gasteiger partial charge in [0, 0.05) is 69.0 Å². The molecule has 2 aliphatic heterocycles. The van der Waals surface area contributed by atoms with Crippen LogP contribution in [0.25, 0.3) is 22.0 Å². The second kappa shape index (κ2) is 12.0. The summed E-state index contributed by atoms with van der Waals surface area (Å²) in [6, 6.07) is 16.7. The SMILES string of the molecule is CN(C)c1ccc(-c2cccc3[nH]c(OC(=O)NC4CCN(CCN5CCCCCC5)CC4)cc23)cc1. The molecule has 1 amide bonds. The number of aromatic nitrogens is 1. The van der Waals surface area contributed by atoms with Crippen LogP contribution in [0.5, 0.6) is 5.88 Å². The molecule has 7 heteroatoms. The van der Waals surface area contributed by atoms with Gasteiger partial charge in [0.15, 0.2) is 0 Å². The number of H-pyrrole nitrogens is 1. The number of amides is 1. The number of nitrogens with zero attached hydrogens (tertiary/aromatic N) is 3. The molecule has 7 nitrogen and oxygen atoms in total. The summed E-state index contributed by atoms with van der Waals surface area (Å²) in [6.45, 7) is 6.86. The molecule has 2 saturated heterocycles. The zero-order chi connectivity index (χ0) is 25.6. The number of carbonyl (C=O) groups is 1. The third-order valence-corrected chi connectivity index (χ3v) is 7.88. The number of anilines is 1. The molecular weight excluding hydrogens is 462 g/mol. The van der Waals surface area contributed by atoms with Crippen molar-refractivity contribution in [2.45, 2.75) is 44.6 Å². The first-order chi connectivity index (χ1) is 18.0. The van der Waals surface area contributed by atoms with E-state index >= 15 is 0 Å². The van der Waals surface area contributed by atoms with E-state index in [0.29, 0.717) is 5.88 Å². The minimum absolute atomic E-state index is 0.164. The lowest BCUT2D eigenvalue weighted by Crippen LogP contribution is -2.47. The van der Waals surface area contributed by atoms with Crippen molar-refractivity contribution in [3.63, 3.8) is 0 Å². The highest BCUT2D eigenvalue weighted by molar-refractivity contribution is 5.96. The summed E-state index contributed by atoms with van der Waals surface area (Å²) in [7, 11) is 4.08. The predicted octanol–water partition coefficient (Wildman–Crippen LogP) is 5.33. The standard InChI is InChI=1S/C30H41N5O2/c1-33(2)25-12-10-23(11-13-25)26-8-7-9-28-27(26)22-29(32-28)37-30(36)31-24-14-18-35(19-15-24)21-20-34-16-5-3-4-6-17-34/h7-13,22,24,32H,3-6,14-21H2,1-2H3,(H,31,36). The summed E-state index contributed by atoms with van der Waals surface area (Å²) in [4.78, 5) is 23.2. The molecule has 0 unspecified atom stereocenters. The average molecular weight is 504 g/mol. The van der Waals surface area contributed by atoms with Gasteiger partial charge in [-0.25, -0.2) is 4.79 Å². The number of likely N-dealkylation sites (tertiary alicyclic amines) is 2. The number of aromatic amines is 1. The quantitative estimate of drug-likeness (QED) is 0.456. The Labute approximate surface area is 220 Å². The molecule has 0 bridgehead atoms. The maximum atomic E-state index is 12.7. The normalized spacial score (nSPS) is 18.0. The van der Waals surface area contributed by atoms with Crippen molar-refractivity contribution in [1.82, 2.24) is 20.1 Å². The molecule has 0 spiro atoms. The van der Waals surface area contributed by atoms with Crippen molar-refractivity contribution in [2.75, 3.05) is 58.3 Å². The van der Waals surface area contributed by atoms with E-state index in [-0.39, 0.29) is 12.1 Å². The lowest BCUT2D eigenvalue weighted by Gasteiger charge is -2.33. The first kappa shape index (κ1) is 25.6. The highest BCUT2D eigenvalue weighted by atomic mass is 16.6. The molecule has 0 aliphatic carbocycles. The van der Waals surface area contributed by atoms with E-state index < -0.39 is 0 Å². The maximum absolute atomic E-state index is 12.7. The van der Waals surface area contributed by atoms with E-state index in [1.807, 2.05) is 32.3 Å². The fourth-order valence-electron chi connectivity index (χ4n) is 5.61. The van der Waals surface area contributed by atoms with E-state index in [4.69, 9.17) is 4.74 Å². The Morgan fingerprint density at radius 1 is 0.946 bits per heavy atom. The molecule has 3 aromatic rings. The Morgan fingerprint density at radius 2 is 1.62 bits per heavy atom. The van der Waals surface area contributed by atoms with Gasteiger partial charge in [0.2, 0.25) is 5.88 Å². The van der Waals surface area contributed by atoms with Gasteiger partial charge in [0.1, 0.15) is 0 Å². The molecule has 5 rings (SSSR count). The zero-order valence-corrected chi connectivity index (χ0v) is 22.3. The molecule has 0 atom stereocenters. The molecule has 2 aliphatic rings. The van der Waals surface area contributed by atoms with Gasteiger partial charge < -0.3 is 29.7 Å². The molecule has 2 fully saturated rings. The monoisotopic (exact) mass is 503 g/mol. The van der Waals surface area contributed by atoms with Crippen molar-refractivity contribution >= 4 is 22.7 Å². The molecule has 2 aromatic carbocycles. The Hall–Kier alpha value is -3.03. The summed E-state index contributed by atoms with van der Waals surface area (Å²) in [5.74, 6) is 0.472. The molecule has 198 valence electrons. The minimum Gasteiger partial charge on any atom is -0.393 e. The van der Waals surface area contributed by atoms with E-state index in [0.717, 1.165) is 60.2 Å². The lowest BCUT2D eigenvalue weighted by molar-refractivity contribution is 0.157. The van der Waals surface area contributed by atoms with Gasteiger partial charge in [0.25, 0.3) is 0 Å². The third-order valence-electron chi connectivity index (χ3n) is 7.88. The number of hydrogen-bond donors (Lipinski definition) is 2. The van der Waals surface area contributed by atoms with Crippen LogP contribution in [0.1, 0.15) is 38.5 Å². The molecule has 2 N–H and O–H groups in total. The number of ether oxygens (including phenoxy) is 1. The zero-order valence-electron chi connectivity index (χ0n) is 22.3. The molecule has 1 aromatic heterocycles. The van der Waals surface area contributed by atoms with Crippen LogP contribution in [0.2, 0.25) is 0 Å². The number of fused-ring (bicyclic) bond motifs is 1. The van der Waals surface area contributed by atoms with Gasteiger partial charge in [-0.05, 0) is 68.1 Å². The van der Waals surface area contributed by atoms with Gasteiger partial charge in [-0.1, -0.05) is 37.1 Å². The summed E-state index contributed by atoms with van der Waals surface area (Å²) in [5, 5.41) is 4.13. The Balaban J connectivity index is 1.12. The summed E-state index contributed by atoms with van der Waals surface area (Å²) in [6.07, 6.45) is 7.00. The number of rotatable bonds is 7. The predicted molar refractivity (Wildman–Crippen MR) is 152 cm³/mol. The fourth-order valence-corrected chi connectivity index (χ4v) is 5.61. The number of benzene rings is 2. The second-order valence-electron chi connectivity index (χ2n) is 10.7. The van der Waals surface area contributed by atoms with Crippen molar-refractivity contribution < 1.29 is 9.53 Å². The van der Waals surface area contributed by atoms with Crippen molar-refractivity contribution in [2.24, 2.45) is 0 Å². The highest BCUT2D eigenvalue weighted by Crippen LogP contribution is 2.32. The van der Waals surface area contributed by atoms with Gasteiger partial charge in [0.05, 0.1) is 0 Å². The third kappa shape index (κ3) is 6.65. The summed E-state index contributed by atoms with van der Waals surface area (Å²) >= 11 is 0. The van der Waals surface area contributed by atoms with Crippen LogP contribution in [0.15, 0.2) is 48.5 Å². The highest BCUT2D eigenvalue weighted by Gasteiger charge is 2.22. The van der Waals surface area contributed by atoms with Gasteiger partial charge >= 0.3 is 6.09 Å². The Morgan fingerprint density at radius 3 is 2.30 bits per heavy atom. The van der Waals surface area contributed by atoms with Crippen molar-refractivity contribution in [3.05, 3.63) is 48.5 Å². The second-order valence-corrected chi connectivity index (χ2v) is 10.7. The number of nitrogens with one attached hydrogen (secondary N) is 2. The van der Waals surface area contributed by atoms with Crippen LogP contribution in [0.4, 0.5) is 10.5 Å². The fraction of sp³-hybridized carbons (Fsp3) is 0.500. The van der Waals surface area contributed by atoms with E-state index in [1.54, 1.807) is 0 Å². The number of carbonyl (C=O) groups excluding carboxylic acids is 1. The maximum Gasteiger partial charge on any atom is 0.414 e. The van der Waals surface area contributed by atoms with Gasteiger partial charge in [-0.3, -0.25) is 0 Å². The van der Waals surface area contributed by atoms with Crippen LogP contribution in [0.3, 0.4) is 0 Å². The topological polar surface area (TPSA) is 63.8 Å². The average Bonchev–Trinajstić information content (AvgIpc) is 3.13.